The fourth-order valence-corrected chi connectivity index (χ4v) is 2.00. The van der Waals surface area contributed by atoms with Gasteiger partial charge in [0.25, 0.3) is 0 Å². The standard InChI is InChI=1S/C11H23NO2/c1-11(2,3)8-12(4)9-7-14-6-5-10(9)13/h9-10,13H,5-8H2,1-4H3. The first-order valence-corrected chi connectivity index (χ1v) is 5.36. The molecule has 1 rings (SSSR count). The first-order valence-electron chi connectivity index (χ1n) is 5.36. The molecule has 2 unspecified atom stereocenters. The lowest BCUT2D eigenvalue weighted by atomic mass is 9.94. The highest BCUT2D eigenvalue weighted by molar-refractivity contribution is 4.82. The van der Waals surface area contributed by atoms with E-state index in [4.69, 9.17) is 4.74 Å². The molecule has 0 aromatic heterocycles. The highest BCUT2D eigenvalue weighted by Gasteiger charge is 2.29. The van der Waals surface area contributed by atoms with Crippen LogP contribution in [-0.2, 0) is 4.74 Å². The Bertz CT molecular complexity index is 177. The van der Waals surface area contributed by atoms with E-state index < -0.39 is 0 Å². The van der Waals surface area contributed by atoms with Gasteiger partial charge in [0.15, 0.2) is 0 Å². The molecule has 3 nitrogen and oxygen atoms in total. The molecule has 0 radical (unpaired) electrons. The van der Waals surface area contributed by atoms with Gasteiger partial charge in [0.05, 0.1) is 18.8 Å². The summed E-state index contributed by atoms with van der Waals surface area (Å²) in [5.41, 5.74) is 0.270. The summed E-state index contributed by atoms with van der Waals surface area (Å²) < 4.78 is 5.39. The van der Waals surface area contributed by atoms with E-state index in [1.54, 1.807) is 0 Å². The lowest BCUT2D eigenvalue weighted by Gasteiger charge is -2.38. The molecule has 0 saturated carbocycles. The Hall–Kier alpha value is -0.120. The summed E-state index contributed by atoms with van der Waals surface area (Å²) in [6.07, 6.45) is 0.537. The molecule has 84 valence electrons. The van der Waals surface area contributed by atoms with E-state index in [1.807, 2.05) is 0 Å². The van der Waals surface area contributed by atoms with E-state index in [-0.39, 0.29) is 17.6 Å². The Morgan fingerprint density at radius 1 is 1.43 bits per heavy atom. The topological polar surface area (TPSA) is 32.7 Å². The largest absolute Gasteiger partial charge is 0.391 e. The van der Waals surface area contributed by atoms with Crippen molar-refractivity contribution in [3.63, 3.8) is 0 Å². The molecule has 2 atom stereocenters. The molecule has 0 amide bonds. The van der Waals surface area contributed by atoms with E-state index in [9.17, 15) is 5.11 Å². The smallest absolute Gasteiger partial charge is 0.0739 e. The SMILES string of the molecule is CN(CC(C)(C)C)C1COCCC1O. The van der Waals surface area contributed by atoms with Gasteiger partial charge in [-0.15, -0.1) is 0 Å². The number of hydrogen-bond acceptors (Lipinski definition) is 3. The fourth-order valence-electron chi connectivity index (χ4n) is 2.00. The molecule has 1 aliphatic rings. The van der Waals surface area contributed by atoms with Gasteiger partial charge < -0.3 is 9.84 Å². The number of ether oxygens (including phenoxy) is 1. The summed E-state index contributed by atoms with van der Waals surface area (Å²) in [7, 11) is 2.06. The number of nitrogens with zero attached hydrogens (tertiary/aromatic N) is 1. The molecule has 14 heavy (non-hydrogen) atoms. The van der Waals surface area contributed by atoms with Crippen LogP contribution in [-0.4, -0.2) is 49.0 Å². The Morgan fingerprint density at radius 3 is 2.57 bits per heavy atom. The predicted octanol–water partition coefficient (Wildman–Crippen LogP) is 1.11. The summed E-state index contributed by atoms with van der Waals surface area (Å²) in [5.74, 6) is 0. The second-order valence-electron chi connectivity index (χ2n) is 5.47. The molecule has 0 bridgehead atoms. The number of aliphatic hydroxyl groups excluding tert-OH is 1. The maximum Gasteiger partial charge on any atom is 0.0739 e. The maximum atomic E-state index is 9.81. The minimum atomic E-state index is -0.226. The van der Waals surface area contributed by atoms with Crippen LogP contribution in [0.15, 0.2) is 0 Å². The minimum absolute atomic E-state index is 0.169. The zero-order valence-electron chi connectivity index (χ0n) is 9.79. The van der Waals surface area contributed by atoms with E-state index >= 15 is 0 Å². The van der Waals surface area contributed by atoms with Gasteiger partial charge in [-0.1, -0.05) is 20.8 Å². The van der Waals surface area contributed by atoms with Gasteiger partial charge in [0.2, 0.25) is 0 Å². The fraction of sp³-hybridized carbons (Fsp3) is 1.00. The zero-order valence-corrected chi connectivity index (χ0v) is 9.79. The summed E-state index contributed by atoms with van der Waals surface area (Å²) >= 11 is 0. The zero-order chi connectivity index (χ0) is 10.8. The summed E-state index contributed by atoms with van der Waals surface area (Å²) in [6, 6.07) is 0.169. The van der Waals surface area contributed by atoms with E-state index in [0.29, 0.717) is 13.2 Å². The van der Waals surface area contributed by atoms with Gasteiger partial charge in [-0.2, -0.15) is 0 Å². The van der Waals surface area contributed by atoms with Gasteiger partial charge >= 0.3 is 0 Å². The molecule has 1 heterocycles. The second kappa shape index (κ2) is 4.60. The van der Waals surface area contributed by atoms with Gasteiger partial charge in [0.1, 0.15) is 0 Å². The highest BCUT2D eigenvalue weighted by atomic mass is 16.5. The molecule has 1 fully saturated rings. The molecular formula is C11H23NO2. The third-order valence-electron chi connectivity index (χ3n) is 2.58. The van der Waals surface area contributed by atoms with Crippen molar-refractivity contribution in [2.75, 3.05) is 26.8 Å². The van der Waals surface area contributed by atoms with Crippen molar-refractivity contribution >= 4 is 0 Å². The Morgan fingerprint density at radius 2 is 2.07 bits per heavy atom. The van der Waals surface area contributed by atoms with E-state index in [0.717, 1.165) is 13.0 Å². The molecule has 0 aromatic rings. The quantitative estimate of drug-likeness (QED) is 0.726. The molecule has 0 spiro atoms. The molecule has 0 aliphatic carbocycles. The third-order valence-corrected chi connectivity index (χ3v) is 2.58. The molecule has 0 aromatic carbocycles. The lowest BCUT2D eigenvalue weighted by molar-refractivity contribution is -0.0602. The van der Waals surface area contributed by atoms with Crippen molar-refractivity contribution in [3.05, 3.63) is 0 Å². The van der Waals surface area contributed by atoms with Gasteiger partial charge in [-0.25, -0.2) is 0 Å². The van der Waals surface area contributed by atoms with Crippen LogP contribution in [0.5, 0.6) is 0 Å². The first kappa shape index (κ1) is 12.0. The first-order chi connectivity index (χ1) is 6.40. The molecule has 1 aliphatic heterocycles. The van der Waals surface area contributed by atoms with E-state index in [2.05, 4.69) is 32.7 Å². The molecule has 3 heteroatoms. The maximum absolute atomic E-state index is 9.81. The summed E-state index contributed by atoms with van der Waals surface area (Å²) in [6.45, 7) is 8.96. The van der Waals surface area contributed by atoms with Crippen LogP contribution in [0, 0.1) is 5.41 Å². The highest BCUT2D eigenvalue weighted by Crippen LogP contribution is 2.19. The molecule has 1 N–H and O–H groups in total. The number of likely N-dealkylation sites (N-methyl/N-ethyl adjacent to an activating group) is 1. The van der Waals surface area contributed by atoms with Crippen LogP contribution in [0.3, 0.4) is 0 Å². The van der Waals surface area contributed by atoms with Crippen molar-refractivity contribution < 1.29 is 9.84 Å². The monoisotopic (exact) mass is 201 g/mol. The predicted molar refractivity (Wildman–Crippen MR) is 57.3 cm³/mol. The van der Waals surface area contributed by atoms with Crippen molar-refractivity contribution in [2.24, 2.45) is 5.41 Å². The van der Waals surface area contributed by atoms with Crippen LogP contribution < -0.4 is 0 Å². The third kappa shape index (κ3) is 3.56. The van der Waals surface area contributed by atoms with Crippen molar-refractivity contribution in [2.45, 2.75) is 39.3 Å². The average molecular weight is 201 g/mol. The summed E-state index contributed by atoms with van der Waals surface area (Å²) in [4.78, 5) is 2.21. The molecular weight excluding hydrogens is 178 g/mol. The average Bonchev–Trinajstić information content (AvgIpc) is 2.01. The van der Waals surface area contributed by atoms with Crippen molar-refractivity contribution in [1.29, 1.82) is 0 Å². The normalized spacial score (nSPS) is 29.6. The summed E-state index contributed by atoms with van der Waals surface area (Å²) in [5, 5.41) is 9.81. The van der Waals surface area contributed by atoms with Crippen molar-refractivity contribution in [1.82, 2.24) is 4.90 Å². The van der Waals surface area contributed by atoms with Crippen LogP contribution in [0.2, 0.25) is 0 Å². The number of hydrogen-bond donors (Lipinski definition) is 1. The van der Waals surface area contributed by atoms with Gasteiger partial charge in [-0.05, 0) is 18.9 Å². The Balaban J connectivity index is 2.46. The van der Waals surface area contributed by atoms with Gasteiger partial charge in [-0.3, -0.25) is 4.90 Å². The number of rotatable bonds is 2. The second-order valence-corrected chi connectivity index (χ2v) is 5.47. The number of aliphatic hydroxyl groups is 1. The Kier molecular flexibility index (Phi) is 3.93. The van der Waals surface area contributed by atoms with Gasteiger partial charge in [0, 0.05) is 13.2 Å². The minimum Gasteiger partial charge on any atom is -0.391 e. The van der Waals surface area contributed by atoms with Crippen LogP contribution >= 0.6 is 0 Å². The molecule has 1 saturated heterocycles. The van der Waals surface area contributed by atoms with E-state index in [1.165, 1.54) is 0 Å². The Labute approximate surface area is 87.1 Å². The van der Waals surface area contributed by atoms with Crippen molar-refractivity contribution in [3.8, 4) is 0 Å². The lowest BCUT2D eigenvalue weighted by Crippen LogP contribution is -2.50. The van der Waals surface area contributed by atoms with Crippen LogP contribution in [0.25, 0.3) is 0 Å². The van der Waals surface area contributed by atoms with Crippen LogP contribution in [0.1, 0.15) is 27.2 Å². The van der Waals surface area contributed by atoms with Crippen LogP contribution in [0.4, 0.5) is 0 Å².